The molecule has 1 heterocycles. The fourth-order valence-electron chi connectivity index (χ4n) is 1.62. The molecule has 1 aromatic carbocycles. The summed E-state index contributed by atoms with van der Waals surface area (Å²) < 4.78 is 0. The lowest BCUT2D eigenvalue weighted by Gasteiger charge is -2.27. The molecule has 90 valence electrons. The van der Waals surface area contributed by atoms with Crippen molar-refractivity contribution in [2.45, 2.75) is 6.54 Å². The maximum atomic E-state index is 11.6. The number of hydrogen-bond donors (Lipinski definition) is 1. The Balaban J connectivity index is 2.20. The number of amides is 2. The molecule has 4 nitrogen and oxygen atoms in total. The van der Waals surface area contributed by atoms with Crippen molar-refractivity contribution in [2.24, 2.45) is 0 Å². The van der Waals surface area contributed by atoms with Gasteiger partial charge in [-0.05, 0) is 12.1 Å². The number of carbonyl (C=O) groups excluding carboxylic acids is 2. The molecule has 1 N–H and O–H groups in total. The lowest BCUT2D eigenvalue weighted by molar-refractivity contribution is -0.141. The predicted octanol–water partition coefficient (Wildman–Crippen LogP) is 1.45. The van der Waals surface area contributed by atoms with Crippen LogP contribution in [0.3, 0.4) is 0 Å². The monoisotopic (exact) mass is 272 g/mol. The fourth-order valence-corrected chi connectivity index (χ4v) is 2.14. The van der Waals surface area contributed by atoms with Crippen LogP contribution >= 0.6 is 23.2 Å². The second kappa shape index (κ2) is 4.94. The summed E-state index contributed by atoms with van der Waals surface area (Å²) in [6.07, 6.45) is 0. The van der Waals surface area contributed by atoms with Crippen LogP contribution in [0.15, 0.2) is 18.2 Å². The van der Waals surface area contributed by atoms with Gasteiger partial charge in [-0.1, -0.05) is 29.3 Å². The zero-order valence-electron chi connectivity index (χ0n) is 8.87. The first kappa shape index (κ1) is 12.2. The molecule has 0 saturated carbocycles. The molecule has 1 saturated heterocycles. The highest BCUT2D eigenvalue weighted by atomic mass is 35.5. The molecule has 17 heavy (non-hydrogen) atoms. The number of carbonyl (C=O) groups is 2. The van der Waals surface area contributed by atoms with E-state index in [9.17, 15) is 9.59 Å². The summed E-state index contributed by atoms with van der Waals surface area (Å²) >= 11 is 12.0. The summed E-state index contributed by atoms with van der Waals surface area (Å²) in [4.78, 5) is 24.2. The third kappa shape index (κ3) is 2.70. The molecule has 2 amide bonds. The summed E-state index contributed by atoms with van der Waals surface area (Å²) in [5.74, 6) is -0.312. The highest BCUT2D eigenvalue weighted by molar-refractivity contribution is 6.36. The molecule has 0 aliphatic carbocycles. The summed E-state index contributed by atoms with van der Waals surface area (Å²) in [6, 6.07) is 5.15. The molecule has 0 spiro atoms. The molecule has 0 bridgehead atoms. The van der Waals surface area contributed by atoms with E-state index in [0.29, 0.717) is 15.6 Å². The van der Waals surface area contributed by atoms with Crippen molar-refractivity contribution in [1.82, 2.24) is 10.2 Å². The van der Waals surface area contributed by atoms with Gasteiger partial charge in [-0.3, -0.25) is 9.59 Å². The highest BCUT2D eigenvalue weighted by Crippen LogP contribution is 2.25. The maximum absolute atomic E-state index is 11.6. The number of rotatable bonds is 2. The van der Waals surface area contributed by atoms with E-state index in [1.165, 1.54) is 4.90 Å². The smallest absolute Gasteiger partial charge is 0.242 e. The third-order valence-corrected chi connectivity index (χ3v) is 3.24. The Labute approximate surface area is 108 Å². The van der Waals surface area contributed by atoms with Crippen molar-refractivity contribution in [3.8, 4) is 0 Å². The van der Waals surface area contributed by atoms with E-state index in [2.05, 4.69) is 5.32 Å². The first-order valence-electron chi connectivity index (χ1n) is 5.05. The van der Waals surface area contributed by atoms with Crippen molar-refractivity contribution >= 4 is 35.0 Å². The van der Waals surface area contributed by atoms with Crippen molar-refractivity contribution in [3.05, 3.63) is 33.8 Å². The van der Waals surface area contributed by atoms with Gasteiger partial charge in [-0.15, -0.1) is 0 Å². The Morgan fingerprint density at radius 1 is 1.24 bits per heavy atom. The van der Waals surface area contributed by atoms with Crippen LogP contribution in [0.2, 0.25) is 10.0 Å². The molecule has 1 fully saturated rings. The summed E-state index contributed by atoms with van der Waals surface area (Å²) in [5.41, 5.74) is 0.666. The van der Waals surface area contributed by atoms with E-state index in [4.69, 9.17) is 23.2 Å². The Bertz CT molecular complexity index is 456. The molecule has 1 aromatic rings. The number of hydrogen-bond acceptors (Lipinski definition) is 2. The Morgan fingerprint density at radius 3 is 2.53 bits per heavy atom. The van der Waals surface area contributed by atoms with Crippen LogP contribution in [0.25, 0.3) is 0 Å². The van der Waals surface area contributed by atoms with Crippen LogP contribution in [0.4, 0.5) is 0 Å². The van der Waals surface area contributed by atoms with Gasteiger partial charge in [0.25, 0.3) is 0 Å². The van der Waals surface area contributed by atoms with E-state index in [0.717, 1.165) is 0 Å². The molecule has 1 aliphatic heterocycles. The molecular formula is C11H10Cl2N2O2. The largest absolute Gasteiger partial charge is 0.345 e. The summed E-state index contributed by atoms with van der Waals surface area (Å²) in [7, 11) is 0. The minimum Gasteiger partial charge on any atom is -0.345 e. The van der Waals surface area contributed by atoms with Gasteiger partial charge >= 0.3 is 0 Å². The van der Waals surface area contributed by atoms with Gasteiger partial charge < -0.3 is 10.2 Å². The first-order chi connectivity index (χ1) is 8.08. The van der Waals surface area contributed by atoms with Crippen LogP contribution in [0.1, 0.15) is 5.56 Å². The van der Waals surface area contributed by atoms with E-state index in [-0.39, 0.29) is 31.4 Å². The number of nitrogens with one attached hydrogen (secondary N) is 1. The van der Waals surface area contributed by atoms with Crippen LogP contribution in [0.5, 0.6) is 0 Å². The number of halogens is 2. The van der Waals surface area contributed by atoms with Gasteiger partial charge in [0.1, 0.15) is 0 Å². The lowest BCUT2D eigenvalue weighted by Crippen LogP contribution is -2.51. The predicted molar refractivity (Wildman–Crippen MR) is 64.9 cm³/mol. The molecule has 1 aliphatic rings. The number of piperazine rings is 1. The van der Waals surface area contributed by atoms with Crippen molar-refractivity contribution < 1.29 is 9.59 Å². The highest BCUT2D eigenvalue weighted by Gasteiger charge is 2.24. The molecular weight excluding hydrogens is 263 g/mol. The average Bonchev–Trinajstić information content (AvgIpc) is 2.28. The normalized spacial score (nSPS) is 16.0. The van der Waals surface area contributed by atoms with Crippen LogP contribution < -0.4 is 5.32 Å². The van der Waals surface area contributed by atoms with E-state index in [1.807, 2.05) is 0 Å². The Morgan fingerprint density at radius 2 is 1.88 bits per heavy atom. The Kier molecular flexibility index (Phi) is 3.54. The van der Waals surface area contributed by atoms with Gasteiger partial charge in [0, 0.05) is 22.2 Å². The Hall–Kier alpha value is -1.26. The standard InChI is InChI=1S/C11H10Cl2N2O2/c12-8-2-1-3-9(13)7(8)5-15-6-10(16)14-4-11(15)17/h1-3H,4-6H2,(H,14,16). The van der Waals surface area contributed by atoms with Gasteiger partial charge in [0.2, 0.25) is 11.8 Å². The molecule has 2 rings (SSSR count). The van der Waals surface area contributed by atoms with E-state index < -0.39 is 0 Å². The van der Waals surface area contributed by atoms with Gasteiger partial charge in [0.05, 0.1) is 13.1 Å². The second-order valence-electron chi connectivity index (χ2n) is 3.73. The minimum absolute atomic E-state index is 0.0287. The molecule has 0 radical (unpaired) electrons. The van der Waals surface area contributed by atoms with Crippen molar-refractivity contribution in [3.63, 3.8) is 0 Å². The van der Waals surface area contributed by atoms with Gasteiger partial charge in [0.15, 0.2) is 0 Å². The number of nitrogens with zero attached hydrogens (tertiary/aromatic N) is 1. The topological polar surface area (TPSA) is 49.4 Å². The van der Waals surface area contributed by atoms with Crippen LogP contribution in [-0.2, 0) is 16.1 Å². The van der Waals surface area contributed by atoms with Gasteiger partial charge in [-0.25, -0.2) is 0 Å². The van der Waals surface area contributed by atoms with E-state index >= 15 is 0 Å². The van der Waals surface area contributed by atoms with Crippen LogP contribution in [0, 0.1) is 0 Å². The molecule has 0 aromatic heterocycles. The lowest BCUT2D eigenvalue weighted by atomic mass is 10.2. The van der Waals surface area contributed by atoms with E-state index in [1.54, 1.807) is 18.2 Å². The molecule has 6 heteroatoms. The minimum atomic E-state index is -0.173. The molecule has 0 atom stereocenters. The first-order valence-corrected chi connectivity index (χ1v) is 5.81. The SMILES string of the molecule is O=C1CN(Cc2c(Cl)cccc2Cl)C(=O)CN1. The quantitative estimate of drug-likeness (QED) is 0.886. The second-order valence-corrected chi connectivity index (χ2v) is 4.54. The van der Waals surface area contributed by atoms with Crippen molar-refractivity contribution in [1.29, 1.82) is 0 Å². The van der Waals surface area contributed by atoms with Crippen molar-refractivity contribution in [2.75, 3.05) is 13.1 Å². The zero-order valence-corrected chi connectivity index (χ0v) is 10.4. The summed E-state index contributed by atoms with van der Waals surface area (Å²) in [6.45, 7) is 0.325. The van der Waals surface area contributed by atoms with Gasteiger partial charge in [-0.2, -0.15) is 0 Å². The number of benzene rings is 1. The average molecular weight is 273 g/mol. The zero-order chi connectivity index (χ0) is 12.4. The maximum Gasteiger partial charge on any atom is 0.242 e. The third-order valence-electron chi connectivity index (χ3n) is 2.53. The fraction of sp³-hybridized carbons (Fsp3) is 0.273. The summed E-state index contributed by atoms with van der Waals surface area (Å²) in [5, 5.41) is 3.47. The van der Waals surface area contributed by atoms with Crippen LogP contribution in [-0.4, -0.2) is 29.8 Å². The molecule has 0 unspecified atom stereocenters.